The third-order valence-electron chi connectivity index (χ3n) is 4.57. The molecule has 11 heteroatoms. The number of hydrogen-bond acceptors (Lipinski definition) is 6. The van der Waals surface area contributed by atoms with E-state index < -0.39 is 32.7 Å². The lowest BCUT2D eigenvalue weighted by Gasteiger charge is -2.29. The third kappa shape index (κ3) is 5.36. The van der Waals surface area contributed by atoms with E-state index in [1.165, 1.54) is 19.5 Å². The summed E-state index contributed by atoms with van der Waals surface area (Å²) in [7, 11) is -2.61. The lowest BCUT2D eigenvalue weighted by molar-refractivity contribution is -0.137. The van der Waals surface area contributed by atoms with Crippen LogP contribution >= 0.6 is 0 Å². The smallest absolute Gasteiger partial charge is 0.416 e. The van der Waals surface area contributed by atoms with Gasteiger partial charge in [-0.2, -0.15) is 13.2 Å². The molecule has 1 aliphatic carbocycles. The molecule has 1 heterocycles. The number of methoxy groups -OCH3 is 1. The van der Waals surface area contributed by atoms with Gasteiger partial charge in [-0.05, 0) is 43.9 Å². The molecule has 2 aromatic rings. The second-order valence-electron chi connectivity index (χ2n) is 6.61. The van der Waals surface area contributed by atoms with Crippen LogP contribution in [0.5, 0.6) is 11.8 Å². The highest BCUT2D eigenvalue weighted by Gasteiger charge is 2.32. The maximum absolute atomic E-state index is 12.8. The van der Waals surface area contributed by atoms with Crippen LogP contribution in [0.2, 0.25) is 0 Å². The number of nitrogens with one attached hydrogen (secondary N) is 1. The van der Waals surface area contributed by atoms with Gasteiger partial charge in [0.15, 0.2) is 0 Å². The number of hydrogen-bond donors (Lipinski definition) is 1. The summed E-state index contributed by atoms with van der Waals surface area (Å²) in [5.41, 5.74) is -1.00. The van der Waals surface area contributed by atoms with Crippen LogP contribution in [0.4, 0.5) is 13.2 Å². The minimum Gasteiger partial charge on any atom is -0.477 e. The Morgan fingerprint density at radius 3 is 2.34 bits per heavy atom. The Bertz CT molecular complexity index is 945. The molecule has 3 rings (SSSR count). The Morgan fingerprint density at radius 2 is 1.72 bits per heavy atom. The normalized spacial score (nSPS) is 20.3. The monoisotopic (exact) mass is 431 g/mol. The Balaban J connectivity index is 1.60. The van der Waals surface area contributed by atoms with Crippen LogP contribution in [0, 0.1) is 0 Å². The summed E-state index contributed by atoms with van der Waals surface area (Å²) in [4.78, 5) is 7.67. The molecule has 0 amide bonds. The van der Waals surface area contributed by atoms with Gasteiger partial charge in [-0.15, -0.1) is 0 Å². The summed E-state index contributed by atoms with van der Waals surface area (Å²) >= 11 is 0. The van der Waals surface area contributed by atoms with Gasteiger partial charge < -0.3 is 9.47 Å². The number of ether oxygens (including phenoxy) is 2. The highest BCUT2D eigenvalue weighted by molar-refractivity contribution is 7.89. The number of aromatic nitrogens is 2. The van der Waals surface area contributed by atoms with Gasteiger partial charge in [-0.25, -0.2) is 23.1 Å². The van der Waals surface area contributed by atoms with E-state index in [0.717, 1.165) is 18.2 Å². The first-order valence-corrected chi connectivity index (χ1v) is 10.4. The molecule has 1 aromatic carbocycles. The van der Waals surface area contributed by atoms with Crippen LogP contribution in [-0.2, 0) is 16.2 Å². The Hall–Kier alpha value is -2.40. The molecule has 1 aromatic heterocycles. The third-order valence-corrected chi connectivity index (χ3v) is 6.09. The van der Waals surface area contributed by atoms with Crippen LogP contribution in [-0.4, -0.2) is 37.6 Å². The molecule has 0 unspecified atom stereocenters. The summed E-state index contributed by atoms with van der Waals surface area (Å²) < 4.78 is 76.9. The van der Waals surface area contributed by atoms with E-state index in [2.05, 4.69) is 14.7 Å². The lowest BCUT2D eigenvalue weighted by atomic mass is 9.94. The van der Waals surface area contributed by atoms with E-state index in [0.29, 0.717) is 31.7 Å². The van der Waals surface area contributed by atoms with E-state index in [1.807, 2.05) is 0 Å². The van der Waals surface area contributed by atoms with Crippen LogP contribution in [0.15, 0.2) is 41.6 Å². The number of sulfonamides is 1. The molecule has 29 heavy (non-hydrogen) atoms. The van der Waals surface area contributed by atoms with Crippen molar-refractivity contribution in [1.82, 2.24) is 14.7 Å². The maximum atomic E-state index is 12.8. The fourth-order valence-electron chi connectivity index (χ4n) is 3.12. The molecule has 0 bridgehead atoms. The van der Waals surface area contributed by atoms with E-state index in [-0.39, 0.29) is 17.9 Å². The van der Waals surface area contributed by atoms with E-state index in [1.54, 1.807) is 0 Å². The number of halogens is 3. The first kappa shape index (κ1) is 21.3. The van der Waals surface area contributed by atoms with Crippen molar-refractivity contribution in [2.75, 3.05) is 7.11 Å². The minimum atomic E-state index is -4.61. The molecule has 0 spiro atoms. The van der Waals surface area contributed by atoms with Gasteiger partial charge in [0.1, 0.15) is 6.10 Å². The quantitative estimate of drug-likeness (QED) is 0.756. The van der Waals surface area contributed by atoms with Gasteiger partial charge in [0.05, 0.1) is 17.6 Å². The first-order valence-electron chi connectivity index (χ1n) is 8.90. The number of benzene rings is 1. The number of nitrogens with zero attached hydrogens (tertiary/aromatic N) is 2. The summed E-state index contributed by atoms with van der Waals surface area (Å²) in [5, 5.41) is 0. The van der Waals surface area contributed by atoms with E-state index in [9.17, 15) is 21.6 Å². The summed E-state index contributed by atoms with van der Waals surface area (Å²) in [6, 6.07) is 3.31. The molecule has 158 valence electrons. The van der Waals surface area contributed by atoms with Crippen molar-refractivity contribution >= 4 is 10.0 Å². The Labute approximate surface area is 166 Å². The molecule has 0 aliphatic heterocycles. The average molecular weight is 431 g/mol. The summed E-state index contributed by atoms with van der Waals surface area (Å²) in [6.07, 6.45) is 0.220. The fraction of sp³-hybridized carbons (Fsp3) is 0.444. The summed E-state index contributed by atoms with van der Waals surface area (Å²) in [6.45, 7) is 0. The zero-order chi connectivity index (χ0) is 21.1. The Kier molecular flexibility index (Phi) is 6.27. The molecule has 0 atom stereocenters. The van der Waals surface area contributed by atoms with Crippen molar-refractivity contribution in [3.05, 3.63) is 42.2 Å². The first-order chi connectivity index (χ1) is 13.7. The van der Waals surface area contributed by atoms with Crippen LogP contribution < -0.4 is 14.2 Å². The molecule has 1 N–H and O–H groups in total. The number of rotatable bonds is 6. The minimum absolute atomic E-state index is 0.185. The standard InChI is InChI=1S/C18H20F3N3O4S/c1-27-16-17(23-10-9-22-16)28-14-7-5-13(6-8-14)24-29(25,26)15-4-2-3-12(11-15)18(19,20)21/h2-4,9-11,13-14,24H,5-8H2,1H3. The molecular weight excluding hydrogens is 411 g/mol. The van der Waals surface area contributed by atoms with Gasteiger partial charge in [0.25, 0.3) is 11.8 Å². The van der Waals surface area contributed by atoms with Gasteiger partial charge in [-0.3, -0.25) is 0 Å². The van der Waals surface area contributed by atoms with E-state index in [4.69, 9.17) is 9.47 Å². The van der Waals surface area contributed by atoms with Crippen LogP contribution in [0.25, 0.3) is 0 Å². The molecule has 1 aliphatic rings. The van der Waals surface area contributed by atoms with Crippen molar-refractivity contribution < 1.29 is 31.1 Å². The van der Waals surface area contributed by atoms with Crippen molar-refractivity contribution in [3.8, 4) is 11.8 Å². The molecule has 0 radical (unpaired) electrons. The van der Waals surface area contributed by atoms with Crippen molar-refractivity contribution in [1.29, 1.82) is 0 Å². The van der Waals surface area contributed by atoms with Gasteiger partial charge in [0, 0.05) is 18.4 Å². The second-order valence-corrected chi connectivity index (χ2v) is 8.32. The largest absolute Gasteiger partial charge is 0.477 e. The maximum Gasteiger partial charge on any atom is 0.416 e. The fourth-order valence-corrected chi connectivity index (χ4v) is 4.47. The van der Waals surface area contributed by atoms with Crippen LogP contribution in [0.3, 0.4) is 0 Å². The zero-order valence-electron chi connectivity index (χ0n) is 15.5. The topological polar surface area (TPSA) is 90.4 Å². The van der Waals surface area contributed by atoms with Crippen molar-refractivity contribution in [3.63, 3.8) is 0 Å². The lowest BCUT2D eigenvalue weighted by Crippen LogP contribution is -2.39. The number of alkyl halides is 3. The SMILES string of the molecule is COc1nccnc1OC1CCC(NS(=O)(=O)c2cccc(C(F)(F)F)c2)CC1. The van der Waals surface area contributed by atoms with Crippen LogP contribution in [0.1, 0.15) is 31.2 Å². The highest BCUT2D eigenvalue weighted by atomic mass is 32.2. The van der Waals surface area contributed by atoms with Gasteiger partial charge in [-0.1, -0.05) is 6.07 Å². The molecule has 1 fully saturated rings. The predicted octanol–water partition coefficient (Wildman–Crippen LogP) is 3.17. The molecule has 1 saturated carbocycles. The van der Waals surface area contributed by atoms with Crippen molar-refractivity contribution in [2.24, 2.45) is 0 Å². The van der Waals surface area contributed by atoms with E-state index >= 15 is 0 Å². The second kappa shape index (κ2) is 8.54. The highest BCUT2D eigenvalue weighted by Crippen LogP contribution is 2.31. The van der Waals surface area contributed by atoms with Crippen molar-refractivity contribution in [2.45, 2.75) is 48.9 Å². The predicted molar refractivity (Wildman–Crippen MR) is 97.0 cm³/mol. The summed E-state index contributed by atoms with van der Waals surface area (Å²) in [5.74, 6) is 0.530. The van der Waals surface area contributed by atoms with Gasteiger partial charge in [0.2, 0.25) is 10.0 Å². The molecule has 7 nitrogen and oxygen atoms in total. The molecule has 0 saturated heterocycles. The zero-order valence-corrected chi connectivity index (χ0v) is 16.3. The average Bonchev–Trinajstić information content (AvgIpc) is 2.69. The van der Waals surface area contributed by atoms with Gasteiger partial charge >= 0.3 is 6.18 Å². The molecular formula is C18H20F3N3O4S. The Morgan fingerprint density at radius 1 is 1.07 bits per heavy atom.